The summed E-state index contributed by atoms with van der Waals surface area (Å²) in [4.78, 5) is 10.2. The van der Waals surface area contributed by atoms with Gasteiger partial charge in [0.1, 0.15) is 5.75 Å². The highest BCUT2D eigenvalue weighted by Gasteiger charge is 2.01. The van der Waals surface area contributed by atoms with Crippen LogP contribution in [0.15, 0.2) is 35.5 Å². The van der Waals surface area contributed by atoms with Crippen molar-refractivity contribution < 1.29 is 9.47 Å². The van der Waals surface area contributed by atoms with Gasteiger partial charge in [0.05, 0.1) is 18.7 Å². The molecule has 0 aliphatic rings. The first kappa shape index (κ1) is 21.2. The molecule has 0 fully saturated rings. The van der Waals surface area contributed by atoms with Crippen molar-refractivity contribution in [1.29, 1.82) is 0 Å². The van der Waals surface area contributed by atoms with E-state index in [0.717, 1.165) is 54.8 Å². The molecule has 2 aromatic rings. The number of aryl methyl sites for hydroxylation is 1. The van der Waals surface area contributed by atoms with E-state index in [4.69, 9.17) is 9.47 Å². The molecule has 148 valence electrons. The molecular formula is C20H30N4O2S. The Balaban J connectivity index is 1.61. The maximum Gasteiger partial charge on any atom is 0.191 e. The molecule has 0 amide bonds. The van der Waals surface area contributed by atoms with Crippen molar-refractivity contribution in [3.8, 4) is 5.75 Å². The second-order valence-electron chi connectivity index (χ2n) is 6.06. The largest absolute Gasteiger partial charge is 0.497 e. The fourth-order valence-corrected chi connectivity index (χ4v) is 3.20. The van der Waals surface area contributed by atoms with E-state index in [2.05, 4.69) is 34.5 Å². The summed E-state index contributed by atoms with van der Waals surface area (Å²) >= 11 is 1.74. The molecule has 2 rings (SSSR count). The van der Waals surface area contributed by atoms with Crippen molar-refractivity contribution in [3.05, 3.63) is 45.9 Å². The smallest absolute Gasteiger partial charge is 0.191 e. The second kappa shape index (κ2) is 12.3. The van der Waals surface area contributed by atoms with Gasteiger partial charge in [0, 0.05) is 43.7 Å². The minimum Gasteiger partial charge on any atom is -0.497 e. The van der Waals surface area contributed by atoms with E-state index in [1.165, 1.54) is 4.88 Å². The van der Waals surface area contributed by atoms with Crippen LogP contribution >= 0.6 is 11.3 Å². The van der Waals surface area contributed by atoms with E-state index in [1.807, 2.05) is 30.5 Å². The lowest BCUT2D eigenvalue weighted by Gasteiger charge is -2.10. The van der Waals surface area contributed by atoms with Gasteiger partial charge in [0.25, 0.3) is 0 Å². The average Bonchev–Trinajstić information content (AvgIpc) is 3.10. The molecular weight excluding hydrogens is 360 g/mol. The monoisotopic (exact) mass is 390 g/mol. The third-order valence-corrected chi connectivity index (χ3v) is 4.76. The topological polar surface area (TPSA) is 67.8 Å². The number of hydrogen-bond donors (Lipinski definition) is 2. The Labute approximate surface area is 166 Å². The predicted molar refractivity (Wildman–Crippen MR) is 112 cm³/mol. The van der Waals surface area contributed by atoms with Crippen LogP contribution in [0.5, 0.6) is 5.75 Å². The lowest BCUT2D eigenvalue weighted by molar-refractivity contribution is 0.120. The van der Waals surface area contributed by atoms with E-state index in [1.54, 1.807) is 18.4 Å². The van der Waals surface area contributed by atoms with Gasteiger partial charge in [-0.3, -0.25) is 4.99 Å². The number of methoxy groups -OCH3 is 1. The number of guanidine groups is 1. The van der Waals surface area contributed by atoms with Gasteiger partial charge < -0.3 is 20.1 Å². The van der Waals surface area contributed by atoms with Crippen LogP contribution in [0, 0.1) is 6.92 Å². The molecule has 1 aromatic carbocycles. The van der Waals surface area contributed by atoms with E-state index in [-0.39, 0.29) is 0 Å². The number of rotatable bonds is 11. The molecule has 0 atom stereocenters. The Morgan fingerprint density at radius 3 is 2.70 bits per heavy atom. The molecule has 2 N–H and O–H groups in total. The van der Waals surface area contributed by atoms with Crippen molar-refractivity contribution in [3.63, 3.8) is 0 Å². The van der Waals surface area contributed by atoms with Gasteiger partial charge >= 0.3 is 0 Å². The quantitative estimate of drug-likeness (QED) is 0.350. The molecule has 0 unspecified atom stereocenters. The maximum atomic E-state index is 5.72. The van der Waals surface area contributed by atoms with Crippen molar-refractivity contribution in [2.24, 2.45) is 4.99 Å². The molecule has 0 aliphatic carbocycles. The number of aliphatic imine (C=N–C) groups is 1. The summed E-state index contributed by atoms with van der Waals surface area (Å²) in [5.74, 6) is 1.71. The molecule has 7 heteroatoms. The fraction of sp³-hybridized carbons (Fsp3) is 0.500. The molecule has 0 saturated carbocycles. The van der Waals surface area contributed by atoms with Crippen molar-refractivity contribution >= 4 is 17.3 Å². The lowest BCUT2D eigenvalue weighted by atomic mass is 10.2. The molecule has 1 heterocycles. The van der Waals surface area contributed by atoms with Gasteiger partial charge in [-0.15, -0.1) is 11.3 Å². The summed E-state index contributed by atoms with van der Waals surface area (Å²) in [5, 5.41) is 7.79. The summed E-state index contributed by atoms with van der Waals surface area (Å²) in [5.41, 5.74) is 1.15. The van der Waals surface area contributed by atoms with Gasteiger partial charge in [-0.2, -0.15) is 0 Å². The first-order valence-electron chi connectivity index (χ1n) is 9.35. The van der Waals surface area contributed by atoms with Crippen LogP contribution in [0.2, 0.25) is 0 Å². The molecule has 0 radical (unpaired) electrons. The van der Waals surface area contributed by atoms with Crippen molar-refractivity contribution in [2.45, 2.75) is 33.3 Å². The van der Waals surface area contributed by atoms with Crippen LogP contribution < -0.4 is 15.4 Å². The first-order valence-corrected chi connectivity index (χ1v) is 10.2. The summed E-state index contributed by atoms with van der Waals surface area (Å²) in [7, 11) is 1.67. The minimum absolute atomic E-state index is 0.610. The number of nitrogens with one attached hydrogen (secondary N) is 2. The Bertz CT molecular complexity index is 686. The Morgan fingerprint density at radius 2 is 2.04 bits per heavy atom. The van der Waals surface area contributed by atoms with E-state index in [0.29, 0.717) is 13.2 Å². The Morgan fingerprint density at radius 1 is 1.22 bits per heavy atom. The number of aromatic nitrogens is 1. The zero-order chi connectivity index (χ0) is 19.3. The number of ether oxygens (including phenoxy) is 2. The molecule has 0 saturated heterocycles. The first-order chi connectivity index (χ1) is 13.2. The maximum absolute atomic E-state index is 5.72. The van der Waals surface area contributed by atoms with E-state index < -0.39 is 0 Å². The molecule has 1 aromatic heterocycles. The van der Waals surface area contributed by atoms with Gasteiger partial charge in [0.2, 0.25) is 0 Å². The number of nitrogens with zero attached hydrogens (tertiary/aromatic N) is 2. The fourth-order valence-electron chi connectivity index (χ4n) is 2.42. The third kappa shape index (κ3) is 8.41. The SMILES string of the molecule is CCNC(=NCCCOCc1ccc(OC)cc1)NCCc1ncc(C)s1. The van der Waals surface area contributed by atoms with E-state index in [9.17, 15) is 0 Å². The van der Waals surface area contributed by atoms with Gasteiger partial charge in [-0.25, -0.2) is 4.98 Å². The van der Waals surface area contributed by atoms with Gasteiger partial charge in [-0.1, -0.05) is 12.1 Å². The zero-order valence-corrected chi connectivity index (χ0v) is 17.3. The van der Waals surface area contributed by atoms with Gasteiger partial charge in [0.15, 0.2) is 5.96 Å². The molecule has 0 spiro atoms. The van der Waals surface area contributed by atoms with E-state index >= 15 is 0 Å². The highest BCUT2D eigenvalue weighted by Crippen LogP contribution is 2.12. The summed E-state index contributed by atoms with van der Waals surface area (Å²) in [6, 6.07) is 7.94. The number of hydrogen-bond acceptors (Lipinski definition) is 5. The van der Waals surface area contributed by atoms with Crippen LogP contribution in [-0.4, -0.2) is 44.3 Å². The predicted octanol–water partition coefficient (Wildman–Crippen LogP) is 3.16. The molecule has 27 heavy (non-hydrogen) atoms. The third-order valence-electron chi connectivity index (χ3n) is 3.79. The van der Waals surface area contributed by atoms with Gasteiger partial charge in [-0.05, 0) is 38.0 Å². The number of benzene rings is 1. The lowest BCUT2D eigenvalue weighted by Crippen LogP contribution is -2.38. The molecule has 0 aliphatic heterocycles. The minimum atomic E-state index is 0.610. The Kier molecular flexibility index (Phi) is 9.65. The van der Waals surface area contributed by atoms with Crippen molar-refractivity contribution in [1.82, 2.24) is 15.6 Å². The normalized spacial score (nSPS) is 11.4. The second-order valence-corrected chi connectivity index (χ2v) is 7.38. The van der Waals surface area contributed by atoms with Crippen LogP contribution in [0.4, 0.5) is 0 Å². The highest BCUT2D eigenvalue weighted by molar-refractivity contribution is 7.11. The standard InChI is InChI=1S/C20H30N4O2S/c1-4-21-20(23-12-10-19-24-14-16(2)27-19)22-11-5-13-26-15-17-6-8-18(25-3)9-7-17/h6-9,14H,4-5,10-13,15H2,1-3H3,(H2,21,22,23). The van der Waals surface area contributed by atoms with Crippen LogP contribution in [0.1, 0.15) is 28.8 Å². The summed E-state index contributed by atoms with van der Waals surface area (Å²) < 4.78 is 10.9. The summed E-state index contributed by atoms with van der Waals surface area (Å²) in [6.45, 7) is 7.85. The zero-order valence-electron chi connectivity index (χ0n) is 16.5. The average molecular weight is 391 g/mol. The van der Waals surface area contributed by atoms with Crippen LogP contribution in [0.25, 0.3) is 0 Å². The van der Waals surface area contributed by atoms with Crippen LogP contribution in [0.3, 0.4) is 0 Å². The molecule has 6 nitrogen and oxygen atoms in total. The highest BCUT2D eigenvalue weighted by atomic mass is 32.1. The molecule has 0 bridgehead atoms. The Hall–Kier alpha value is -2.12. The van der Waals surface area contributed by atoms with Crippen molar-refractivity contribution in [2.75, 3.05) is 33.4 Å². The number of thiazole rings is 1. The van der Waals surface area contributed by atoms with Crippen LogP contribution in [-0.2, 0) is 17.8 Å². The summed E-state index contributed by atoms with van der Waals surface area (Å²) in [6.07, 6.45) is 3.72.